The highest BCUT2D eigenvalue weighted by Crippen LogP contribution is 2.16. The summed E-state index contributed by atoms with van der Waals surface area (Å²) in [5.41, 5.74) is 7.02. The van der Waals surface area contributed by atoms with Crippen molar-refractivity contribution in [3.63, 3.8) is 0 Å². The van der Waals surface area contributed by atoms with Crippen LogP contribution in [0.4, 0.5) is 10.9 Å². The second-order valence-corrected chi connectivity index (χ2v) is 2.58. The highest BCUT2D eigenvalue weighted by atomic mass is 32.1. The first-order valence-electron chi connectivity index (χ1n) is 2.63. The predicted molar refractivity (Wildman–Crippen MR) is 39.2 cm³/mol. The minimum absolute atomic E-state index is 0.162. The molecule has 4 nitrogen and oxygen atoms in total. The number of nitrogens with one attached hydrogen (secondary N) is 2. The fraction of sp³-hybridized carbons (Fsp3) is 0.200. The smallest absolute Gasteiger partial charge is 0.222 e. The van der Waals surface area contributed by atoms with Crippen molar-refractivity contribution in [3.8, 4) is 0 Å². The molecule has 0 aliphatic carbocycles. The fourth-order valence-electron chi connectivity index (χ4n) is 0.512. The van der Waals surface area contributed by atoms with E-state index in [1.807, 2.05) is 0 Å². The van der Waals surface area contributed by atoms with Gasteiger partial charge in [-0.3, -0.25) is 10.5 Å². The van der Waals surface area contributed by atoms with Gasteiger partial charge in [0.2, 0.25) is 11.0 Å². The Morgan fingerprint density at radius 3 is 3.00 bits per heavy atom. The van der Waals surface area contributed by atoms with Crippen molar-refractivity contribution in [3.05, 3.63) is 5.38 Å². The summed E-state index contributed by atoms with van der Waals surface area (Å²) in [5.74, 6) is 0.299. The van der Waals surface area contributed by atoms with E-state index in [9.17, 15) is 4.79 Å². The van der Waals surface area contributed by atoms with Crippen LogP contribution in [0.3, 0.4) is 0 Å². The monoisotopic (exact) mass is 156 g/mol. The zero-order chi connectivity index (χ0) is 7.56. The third-order valence-corrected chi connectivity index (χ3v) is 1.46. The van der Waals surface area contributed by atoms with Crippen LogP contribution in [0.15, 0.2) is 5.38 Å². The largest absolute Gasteiger partial charge is 0.310 e. The van der Waals surface area contributed by atoms with Crippen LogP contribution in [-0.2, 0) is 4.79 Å². The molecular weight excluding hydrogens is 150 g/mol. The first-order chi connectivity index (χ1) is 4.68. The molecule has 0 aliphatic heterocycles. The summed E-state index contributed by atoms with van der Waals surface area (Å²) < 4.78 is 0. The van der Waals surface area contributed by atoms with Gasteiger partial charge in [-0.15, -0.1) is 11.3 Å². The molecule has 1 aromatic heterocycles. The number of carbonyl (C=O) groups excluding carboxylic acids is 1. The number of thiazole rings is 1. The summed E-state index contributed by atoms with van der Waals surface area (Å²) in [7, 11) is 0. The molecule has 1 radical (unpaired) electrons. The van der Waals surface area contributed by atoms with Gasteiger partial charge >= 0.3 is 0 Å². The lowest BCUT2D eigenvalue weighted by molar-refractivity contribution is -0.114. The number of rotatable bonds is 1. The molecule has 0 unspecified atom stereocenters. The molecular formula is C5H6N3OS. The molecule has 0 saturated carbocycles. The Kier molecular flexibility index (Phi) is 1.86. The topological polar surface area (TPSA) is 65.8 Å². The molecule has 0 fully saturated rings. The molecule has 53 valence electrons. The van der Waals surface area contributed by atoms with Gasteiger partial charge in [-0.05, 0) is 0 Å². The van der Waals surface area contributed by atoms with Gasteiger partial charge in [-0.25, -0.2) is 4.98 Å². The maximum atomic E-state index is 10.4. The van der Waals surface area contributed by atoms with E-state index in [4.69, 9.17) is 5.73 Å². The van der Waals surface area contributed by atoms with E-state index >= 15 is 0 Å². The van der Waals surface area contributed by atoms with Crippen LogP contribution in [-0.4, -0.2) is 10.9 Å². The van der Waals surface area contributed by atoms with E-state index in [0.717, 1.165) is 0 Å². The van der Waals surface area contributed by atoms with Gasteiger partial charge in [0.05, 0.1) is 0 Å². The SMILES string of the molecule is CC(=O)Nc1csc([NH])n1. The number of carbonyl (C=O) groups is 1. The van der Waals surface area contributed by atoms with Crippen molar-refractivity contribution in [1.29, 1.82) is 0 Å². The first kappa shape index (κ1) is 7.01. The van der Waals surface area contributed by atoms with E-state index in [1.165, 1.54) is 18.3 Å². The second-order valence-electron chi connectivity index (χ2n) is 1.72. The van der Waals surface area contributed by atoms with Gasteiger partial charge in [-0.1, -0.05) is 0 Å². The summed E-state index contributed by atoms with van der Waals surface area (Å²) in [5, 5.41) is 4.31. The quantitative estimate of drug-likeness (QED) is 0.659. The molecule has 0 aromatic carbocycles. The van der Waals surface area contributed by atoms with Gasteiger partial charge in [0.1, 0.15) is 5.82 Å². The van der Waals surface area contributed by atoms with Crippen LogP contribution in [0.5, 0.6) is 0 Å². The average Bonchev–Trinajstić information content (AvgIpc) is 2.13. The lowest BCUT2D eigenvalue weighted by Crippen LogP contribution is -2.05. The number of hydrogen-bond acceptors (Lipinski definition) is 3. The standard InChI is InChI=1S/C5H6N3OS/c1-3(9)7-4-2-10-5(6)8-4/h2,6H,1H3,(H,7,9). The highest BCUT2D eigenvalue weighted by Gasteiger charge is 1.98. The van der Waals surface area contributed by atoms with E-state index in [-0.39, 0.29) is 11.0 Å². The van der Waals surface area contributed by atoms with E-state index in [1.54, 1.807) is 5.38 Å². The van der Waals surface area contributed by atoms with Gasteiger partial charge in [0, 0.05) is 12.3 Å². The summed E-state index contributed by atoms with van der Waals surface area (Å²) >= 11 is 1.19. The van der Waals surface area contributed by atoms with Gasteiger partial charge in [-0.2, -0.15) is 0 Å². The Bertz CT molecular complexity index is 245. The summed E-state index contributed by atoms with van der Waals surface area (Å²) in [4.78, 5) is 14.1. The molecule has 0 bridgehead atoms. The minimum Gasteiger partial charge on any atom is -0.310 e. The lowest BCUT2D eigenvalue weighted by Gasteiger charge is -1.91. The predicted octanol–water partition coefficient (Wildman–Crippen LogP) is 1.02. The van der Waals surface area contributed by atoms with Crippen LogP contribution in [0.25, 0.3) is 0 Å². The van der Waals surface area contributed by atoms with Gasteiger partial charge in [0.25, 0.3) is 0 Å². The zero-order valence-electron chi connectivity index (χ0n) is 5.34. The molecule has 0 aliphatic rings. The van der Waals surface area contributed by atoms with Crippen LogP contribution in [0.2, 0.25) is 0 Å². The van der Waals surface area contributed by atoms with Gasteiger partial charge in [0.15, 0.2) is 0 Å². The normalized spacial score (nSPS) is 9.30. The maximum Gasteiger partial charge on any atom is 0.222 e. The van der Waals surface area contributed by atoms with Crippen molar-refractivity contribution >= 4 is 28.2 Å². The summed E-state index contributed by atoms with van der Waals surface area (Å²) in [6, 6.07) is 0. The third-order valence-electron chi connectivity index (χ3n) is 0.808. The molecule has 0 saturated heterocycles. The zero-order valence-corrected chi connectivity index (χ0v) is 6.16. The Hall–Kier alpha value is -1.10. The van der Waals surface area contributed by atoms with E-state index < -0.39 is 0 Å². The molecule has 10 heavy (non-hydrogen) atoms. The first-order valence-corrected chi connectivity index (χ1v) is 3.51. The van der Waals surface area contributed by atoms with Crippen LogP contribution >= 0.6 is 11.3 Å². The molecule has 1 heterocycles. The Labute approximate surface area is 62.1 Å². The van der Waals surface area contributed by atoms with Crippen molar-refractivity contribution in [2.75, 3.05) is 5.32 Å². The average molecular weight is 156 g/mol. The lowest BCUT2D eigenvalue weighted by atomic mass is 10.6. The third kappa shape index (κ3) is 1.70. The Morgan fingerprint density at radius 1 is 1.90 bits per heavy atom. The molecule has 5 heteroatoms. The maximum absolute atomic E-state index is 10.4. The number of aromatic nitrogens is 1. The van der Waals surface area contributed by atoms with Crippen LogP contribution in [0.1, 0.15) is 6.92 Å². The molecule has 1 amide bonds. The van der Waals surface area contributed by atoms with Crippen molar-refractivity contribution < 1.29 is 4.79 Å². The molecule has 1 aromatic rings. The summed E-state index contributed by atoms with van der Waals surface area (Å²) in [6.45, 7) is 1.41. The minimum atomic E-state index is -0.162. The van der Waals surface area contributed by atoms with Crippen molar-refractivity contribution in [1.82, 2.24) is 10.7 Å². The van der Waals surface area contributed by atoms with Crippen molar-refractivity contribution in [2.45, 2.75) is 6.92 Å². The molecule has 2 N–H and O–H groups in total. The Balaban J connectivity index is 2.67. The molecule has 0 spiro atoms. The van der Waals surface area contributed by atoms with E-state index in [2.05, 4.69) is 10.3 Å². The number of nitrogens with zero attached hydrogens (tertiary/aromatic N) is 1. The van der Waals surface area contributed by atoms with Crippen molar-refractivity contribution in [2.24, 2.45) is 0 Å². The number of amides is 1. The second kappa shape index (κ2) is 2.66. The van der Waals surface area contributed by atoms with Crippen LogP contribution < -0.4 is 11.1 Å². The number of hydrogen-bond donors (Lipinski definition) is 1. The Morgan fingerprint density at radius 2 is 2.60 bits per heavy atom. The summed E-state index contributed by atoms with van der Waals surface area (Å²) in [6.07, 6.45) is 0. The highest BCUT2D eigenvalue weighted by molar-refractivity contribution is 7.13. The fourth-order valence-corrected chi connectivity index (χ4v) is 0.997. The number of anilines is 1. The van der Waals surface area contributed by atoms with E-state index in [0.29, 0.717) is 5.82 Å². The van der Waals surface area contributed by atoms with Gasteiger partial charge < -0.3 is 5.32 Å². The molecule has 0 atom stereocenters. The molecule has 1 rings (SSSR count). The van der Waals surface area contributed by atoms with Crippen LogP contribution in [0, 0.1) is 0 Å².